The molecule has 0 aliphatic carbocycles. The van der Waals surface area contributed by atoms with Gasteiger partial charge in [0.15, 0.2) is 0 Å². The molecule has 7 nitrogen and oxygen atoms in total. The van der Waals surface area contributed by atoms with Crippen LogP contribution in [0.25, 0.3) is 6.08 Å². The minimum atomic E-state index is -0.281. The second kappa shape index (κ2) is 10.1. The number of benzene rings is 1. The first kappa shape index (κ1) is 21.5. The molecule has 0 saturated heterocycles. The maximum atomic E-state index is 12.7. The van der Waals surface area contributed by atoms with Crippen LogP contribution in [-0.2, 0) is 29.1 Å². The van der Waals surface area contributed by atoms with E-state index in [2.05, 4.69) is 16.4 Å². The van der Waals surface area contributed by atoms with E-state index in [-0.39, 0.29) is 11.8 Å². The number of aryl methyl sites for hydroxylation is 1. The number of aromatic nitrogens is 2. The fourth-order valence-electron chi connectivity index (χ4n) is 3.70. The molecule has 1 aliphatic heterocycles. The molecule has 1 aromatic carbocycles. The molecular weight excluding hydrogens is 422 g/mol. The average molecular weight is 446 g/mol. The van der Waals surface area contributed by atoms with Crippen molar-refractivity contribution in [1.29, 1.82) is 5.26 Å². The number of nitrogens with one attached hydrogen (secondary N) is 1. The Bertz CT molecular complexity index is 1160. The SMILES string of the molecule is N#Cc1c(NC(=O)/C=C/c2ccccc2)sc2c1CCN(C(=O)CCCn1ccnc1)C2. The van der Waals surface area contributed by atoms with E-state index >= 15 is 0 Å². The zero-order chi connectivity index (χ0) is 22.3. The summed E-state index contributed by atoms with van der Waals surface area (Å²) < 4.78 is 1.96. The largest absolute Gasteiger partial charge is 0.337 e. The molecule has 2 aromatic heterocycles. The molecule has 0 spiro atoms. The van der Waals surface area contributed by atoms with E-state index in [4.69, 9.17) is 0 Å². The monoisotopic (exact) mass is 445 g/mol. The molecular formula is C24H23N5O2S. The number of hydrogen-bond donors (Lipinski definition) is 1. The second-order valence-electron chi connectivity index (χ2n) is 7.52. The normalized spacial score (nSPS) is 13.0. The van der Waals surface area contributed by atoms with Gasteiger partial charge in [0, 0.05) is 42.9 Å². The van der Waals surface area contributed by atoms with Gasteiger partial charge in [-0.05, 0) is 30.0 Å². The minimum absolute atomic E-state index is 0.110. The number of fused-ring (bicyclic) bond motifs is 1. The van der Waals surface area contributed by atoms with Gasteiger partial charge in [-0.1, -0.05) is 30.3 Å². The van der Waals surface area contributed by atoms with Gasteiger partial charge < -0.3 is 14.8 Å². The number of amides is 2. The van der Waals surface area contributed by atoms with E-state index < -0.39 is 0 Å². The van der Waals surface area contributed by atoms with E-state index in [9.17, 15) is 14.9 Å². The van der Waals surface area contributed by atoms with E-state index in [1.54, 1.807) is 18.6 Å². The van der Waals surface area contributed by atoms with Crippen molar-refractivity contribution in [1.82, 2.24) is 14.5 Å². The summed E-state index contributed by atoms with van der Waals surface area (Å²) in [5.41, 5.74) is 2.39. The van der Waals surface area contributed by atoms with Crippen LogP contribution in [0, 0.1) is 11.3 Å². The Hall–Kier alpha value is -3.70. The standard InChI is InChI=1S/C24H23N5O2S/c25-15-20-19-10-13-29(23(31)7-4-12-28-14-11-26-17-28)16-21(19)32-24(20)27-22(30)9-8-18-5-2-1-3-6-18/h1-3,5-6,8-9,11,14,17H,4,7,10,12-13,16H2,(H,27,30)/b9-8+. The van der Waals surface area contributed by atoms with Crippen molar-refractivity contribution in [3.63, 3.8) is 0 Å². The van der Waals surface area contributed by atoms with Crippen LogP contribution in [0.2, 0.25) is 0 Å². The zero-order valence-corrected chi connectivity index (χ0v) is 18.3. The first-order valence-electron chi connectivity index (χ1n) is 10.5. The zero-order valence-electron chi connectivity index (χ0n) is 17.5. The Kier molecular flexibility index (Phi) is 6.78. The minimum Gasteiger partial charge on any atom is -0.337 e. The molecule has 0 unspecified atom stereocenters. The van der Waals surface area contributed by atoms with Crippen molar-refractivity contribution >= 4 is 34.2 Å². The highest BCUT2D eigenvalue weighted by atomic mass is 32.1. The molecule has 0 atom stereocenters. The lowest BCUT2D eigenvalue weighted by atomic mass is 10.0. The molecule has 1 N–H and O–H groups in total. The van der Waals surface area contributed by atoms with E-state index in [0.29, 0.717) is 36.5 Å². The predicted octanol–water partition coefficient (Wildman–Crippen LogP) is 3.83. The lowest BCUT2D eigenvalue weighted by Crippen LogP contribution is -2.35. The molecule has 0 bridgehead atoms. The lowest BCUT2D eigenvalue weighted by molar-refractivity contribution is -0.132. The van der Waals surface area contributed by atoms with Crippen molar-refractivity contribution < 1.29 is 9.59 Å². The summed E-state index contributed by atoms with van der Waals surface area (Å²) in [5, 5.41) is 13.1. The van der Waals surface area contributed by atoms with E-state index in [0.717, 1.165) is 29.0 Å². The number of nitriles is 1. The fourth-order valence-corrected chi connectivity index (χ4v) is 4.92. The summed E-state index contributed by atoms with van der Waals surface area (Å²) in [6, 6.07) is 11.8. The number of nitrogens with zero attached hydrogens (tertiary/aromatic N) is 4. The summed E-state index contributed by atoms with van der Waals surface area (Å²) in [6.45, 7) is 1.83. The second-order valence-corrected chi connectivity index (χ2v) is 8.63. The molecule has 32 heavy (non-hydrogen) atoms. The Morgan fingerprint density at radius 1 is 1.28 bits per heavy atom. The maximum Gasteiger partial charge on any atom is 0.249 e. The number of carbonyl (C=O) groups excluding carboxylic acids is 2. The van der Waals surface area contributed by atoms with Crippen LogP contribution in [-0.4, -0.2) is 32.8 Å². The van der Waals surface area contributed by atoms with Gasteiger partial charge in [-0.15, -0.1) is 11.3 Å². The van der Waals surface area contributed by atoms with Gasteiger partial charge in [0.1, 0.15) is 11.1 Å². The summed E-state index contributed by atoms with van der Waals surface area (Å²) in [5.74, 6) is -0.171. The lowest BCUT2D eigenvalue weighted by Gasteiger charge is -2.27. The maximum absolute atomic E-state index is 12.7. The number of carbonyl (C=O) groups is 2. The molecule has 1 aliphatic rings. The number of anilines is 1. The van der Waals surface area contributed by atoms with Crippen molar-refractivity contribution in [2.24, 2.45) is 0 Å². The van der Waals surface area contributed by atoms with Gasteiger partial charge in [0.25, 0.3) is 0 Å². The summed E-state index contributed by atoms with van der Waals surface area (Å²) in [6.07, 6.45) is 10.4. The Balaban J connectivity index is 1.37. The van der Waals surface area contributed by atoms with Crippen molar-refractivity contribution in [3.8, 4) is 6.07 Å². The van der Waals surface area contributed by atoms with Gasteiger partial charge in [-0.3, -0.25) is 9.59 Å². The van der Waals surface area contributed by atoms with Crippen LogP contribution >= 0.6 is 11.3 Å². The fraction of sp³-hybridized carbons (Fsp3) is 0.250. The van der Waals surface area contributed by atoms with Crippen LogP contribution < -0.4 is 5.32 Å². The van der Waals surface area contributed by atoms with E-state index in [1.807, 2.05) is 46.0 Å². The highest BCUT2D eigenvalue weighted by Gasteiger charge is 2.27. The smallest absolute Gasteiger partial charge is 0.249 e. The third-order valence-corrected chi connectivity index (χ3v) is 6.48. The van der Waals surface area contributed by atoms with Crippen molar-refractivity contribution in [3.05, 3.63) is 76.7 Å². The molecule has 0 fully saturated rings. The number of hydrogen-bond acceptors (Lipinski definition) is 5. The quantitative estimate of drug-likeness (QED) is 0.560. The van der Waals surface area contributed by atoms with Gasteiger partial charge in [0.2, 0.25) is 11.8 Å². The topological polar surface area (TPSA) is 91.0 Å². The molecule has 162 valence electrons. The Labute approximate surface area is 190 Å². The Morgan fingerprint density at radius 2 is 2.12 bits per heavy atom. The third-order valence-electron chi connectivity index (χ3n) is 5.35. The molecule has 0 saturated carbocycles. The molecule has 8 heteroatoms. The first-order chi connectivity index (χ1) is 15.6. The first-order valence-corrected chi connectivity index (χ1v) is 11.3. The molecule has 3 heterocycles. The summed E-state index contributed by atoms with van der Waals surface area (Å²) in [7, 11) is 0. The van der Waals surface area contributed by atoms with Crippen LogP contribution in [0.1, 0.15) is 34.4 Å². The van der Waals surface area contributed by atoms with Gasteiger partial charge in [-0.2, -0.15) is 5.26 Å². The number of imidazole rings is 1. The number of rotatable bonds is 7. The van der Waals surface area contributed by atoms with Gasteiger partial charge in [-0.25, -0.2) is 4.98 Å². The van der Waals surface area contributed by atoms with Crippen LogP contribution in [0.15, 0.2) is 55.1 Å². The highest BCUT2D eigenvalue weighted by molar-refractivity contribution is 7.16. The molecule has 3 aromatic rings. The van der Waals surface area contributed by atoms with Gasteiger partial charge >= 0.3 is 0 Å². The molecule has 2 amide bonds. The number of thiophene rings is 1. The van der Waals surface area contributed by atoms with Crippen LogP contribution in [0.3, 0.4) is 0 Å². The van der Waals surface area contributed by atoms with Crippen molar-refractivity contribution in [2.45, 2.75) is 32.4 Å². The predicted molar refractivity (Wildman–Crippen MR) is 124 cm³/mol. The van der Waals surface area contributed by atoms with Crippen molar-refractivity contribution in [2.75, 3.05) is 11.9 Å². The summed E-state index contributed by atoms with van der Waals surface area (Å²) >= 11 is 1.38. The molecule has 0 radical (unpaired) electrons. The van der Waals surface area contributed by atoms with Gasteiger partial charge in [0.05, 0.1) is 18.4 Å². The Morgan fingerprint density at radius 3 is 2.88 bits per heavy atom. The van der Waals surface area contributed by atoms with E-state index in [1.165, 1.54) is 17.4 Å². The average Bonchev–Trinajstić information content (AvgIpc) is 3.45. The highest BCUT2D eigenvalue weighted by Crippen LogP contribution is 2.36. The third kappa shape index (κ3) is 5.13. The van der Waals surface area contributed by atoms with Crippen LogP contribution in [0.4, 0.5) is 5.00 Å². The van der Waals surface area contributed by atoms with Crippen LogP contribution in [0.5, 0.6) is 0 Å². The molecule has 4 rings (SSSR count). The summed E-state index contributed by atoms with van der Waals surface area (Å²) in [4.78, 5) is 31.9.